The first-order valence-electron chi connectivity index (χ1n) is 5.09. The number of hydrogen-bond donors (Lipinski definition) is 1. The Hall–Kier alpha value is -0.900. The van der Waals surface area contributed by atoms with Crippen LogP contribution in [0.3, 0.4) is 0 Å². The average molecular weight is 200 g/mol. The molecule has 14 heavy (non-hydrogen) atoms. The summed E-state index contributed by atoms with van der Waals surface area (Å²) in [6.45, 7) is 5.42. The van der Waals surface area contributed by atoms with Crippen LogP contribution in [0.25, 0.3) is 0 Å². The second-order valence-electron chi connectivity index (χ2n) is 3.43. The molecule has 0 aromatic rings. The van der Waals surface area contributed by atoms with Crippen molar-refractivity contribution in [3.05, 3.63) is 17.5 Å². The van der Waals surface area contributed by atoms with Crippen LogP contribution in [-0.4, -0.2) is 22.1 Å². The zero-order chi connectivity index (χ0) is 11.0. The summed E-state index contributed by atoms with van der Waals surface area (Å²) in [5.41, 5.74) is 0. The highest BCUT2D eigenvalue weighted by molar-refractivity contribution is 4.71. The number of nitrogens with zero attached hydrogens (tertiary/aromatic N) is 2. The molecule has 0 aliphatic rings. The van der Waals surface area contributed by atoms with Crippen LogP contribution < -0.4 is 0 Å². The van der Waals surface area contributed by atoms with Gasteiger partial charge in [0.25, 0.3) is 0 Å². The monoisotopic (exact) mass is 200 g/mol. The van der Waals surface area contributed by atoms with Gasteiger partial charge in [0.1, 0.15) is 6.04 Å². The molecule has 4 heteroatoms. The summed E-state index contributed by atoms with van der Waals surface area (Å²) in [7, 11) is 0. The van der Waals surface area contributed by atoms with E-state index in [4.69, 9.17) is 5.11 Å². The molecule has 0 rings (SSSR count). The van der Waals surface area contributed by atoms with Gasteiger partial charge >= 0.3 is 0 Å². The van der Waals surface area contributed by atoms with Gasteiger partial charge in [0.15, 0.2) is 0 Å². The standard InChI is InChI=1S/C10H20N2O2/c1-4-5-6-7-8-12(14)11-9(2)10(3)13/h7-10,13H,4-6H2,1-3H3/b8-7+,12-11-/t9-,10-/m0/s1. The van der Waals surface area contributed by atoms with E-state index in [-0.39, 0.29) is 6.04 Å². The van der Waals surface area contributed by atoms with Crippen LogP contribution in [-0.2, 0) is 0 Å². The second-order valence-corrected chi connectivity index (χ2v) is 3.43. The van der Waals surface area contributed by atoms with Crippen LogP contribution in [0, 0.1) is 5.21 Å². The first-order chi connectivity index (χ1) is 6.57. The summed E-state index contributed by atoms with van der Waals surface area (Å²) >= 11 is 0. The van der Waals surface area contributed by atoms with E-state index in [1.807, 2.05) is 0 Å². The van der Waals surface area contributed by atoms with Crippen LogP contribution in [0.2, 0.25) is 0 Å². The molecule has 1 N–H and O–H groups in total. The van der Waals surface area contributed by atoms with Crippen molar-refractivity contribution >= 4 is 0 Å². The number of hydrogen-bond acceptors (Lipinski definition) is 3. The molecule has 0 saturated heterocycles. The van der Waals surface area contributed by atoms with Crippen molar-refractivity contribution in [1.82, 2.24) is 0 Å². The summed E-state index contributed by atoms with van der Waals surface area (Å²) in [5.74, 6) is 0. The molecule has 82 valence electrons. The Bertz CT molecular complexity index is 200. The molecule has 0 aromatic carbocycles. The van der Waals surface area contributed by atoms with Gasteiger partial charge in [-0.3, -0.25) is 0 Å². The Morgan fingerprint density at radius 2 is 2.14 bits per heavy atom. The number of unbranched alkanes of at least 4 members (excludes halogenated alkanes) is 2. The minimum absolute atomic E-state index is 0.358. The number of aliphatic hydroxyl groups is 1. The average Bonchev–Trinajstić information content (AvgIpc) is 2.12. The third-order valence-electron chi connectivity index (χ3n) is 1.95. The number of rotatable bonds is 6. The molecular weight excluding hydrogens is 180 g/mol. The van der Waals surface area contributed by atoms with Gasteiger partial charge in [0, 0.05) is 0 Å². The molecule has 0 heterocycles. The van der Waals surface area contributed by atoms with E-state index in [9.17, 15) is 5.21 Å². The summed E-state index contributed by atoms with van der Waals surface area (Å²) in [5, 5.41) is 23.9. The van der Waals surface area contributed by atoms with Crippen molar-refractivity contribution in [1.29, 1.82) is 0 Å². The molecule has 4 nitrogen and oxygen atoms in total. The van der Waals surface area contributed by atoms with Crippen molar-refractivity contribution in [3.63, 3.8) is 0 Å². The van der Waals surface area contributed by atoms with E-state index in [0.29, 0.717) is 4.86 Å². The fraction of sp³-hybridized carbons (Fsp3) is 0.800. The molecule has 0 amide bonds. The van der Waals surface area contributed by atoms with E-state index < -0.39 is 6.10 Å². The van der Waals surface area contributed by atoms with Crippen LogP contribution >= 0.6 is 0 Å². The highest BCUT2D eigenvalue weighted by Crippen LogP contribution is 1.99. The highest BCUT2D eigenvalue weighted by atomic mass is 16.5. The van der Waals surface area contributed by atoms with Gasteiger partial charge < -0.3 is 10.3 Å². The Kier molecular flexibility index (Phi) is 7.02. The van der Waals surface area contributed by atoms with Crippen LogP contribution in [0.4, 0.5) is 0 Å². The maximum atomic E-state index is 11.1. The van der Waals surface area contributed by atoms with Crippen molar-refractivity contribution in [2.75, 3.05) is 0 Å². The maximum Gasteiger partial charge on any atom is 0.205 e. The molecule has 0 aliphatic heterocycles. The predicted molar refractivity (Wildman–Crippen MR) is 55.9 cm³/mol. The molecule has 0 fully saturated rings. The second kappa shape index (κ2) is 7.50. The van der Waals surface area contributed by atoms with E-state index in [2.05, 4.69) is 12.0 Å². The lowest BCUT2D eigenvalue weighted by molar-refractivity contribution is -0.463. The Morgan fingerprint density at radius 3 is 2.64 bits per heavy atom. The third kappa shape index (κ3) is 6.60. The third-order valence-corrected chi connectivity index (χ3v) is 1.95. The highest BCUT2D eigenvalue weighted by Gasteiger charge is 2.09. The predicted octanol–water partition coefficient (Wildman–Crippen LogP) is 2.42. The Morgan fingerprint density at radius 1 is 1.50 bits per heavy atom. The quantitative estimate of drug-likeness (QED) is 0.310. The number of aliphatic hydroxyl groups excluding tert-OH is 1. The smallest absolute Gasteiger partial charge is 0.205 e. The molecular formula is C10H20N2O2. The van der Waals surface area contributed by atoms with Gasteiger partial charge in [-0.25, -0.2) is 0 Å². The fourth-order valence-electron chi connectivity index (χ4n) is 0.801. The molecule has 0 saturated carbocycles. The van der Waals surface area contributed by atoms with E-state index in [1.54, 1.807) is 19.9 Å². The van der Waals surface area contributed by atoms with E-state index >= 15 is 0 Å². The number of azo groups is 1. The van der Waals surface area contributed by atoms with Crippen molar-refractivity contribution in [3.8, 4) is 0 Å². The molecule has 2 atom stereocenters. The van der Waals surface area contributed by atoms with Gasteiger partial charge in [-0.2, -0.15) is 0 Å². The van der Waals surface area contributed by atoms with E-state index in [1.165, 1.54) is 6.20 Å². The lowest BCUT2D eigenvalue weighted by Gasteiger charge is -2.05. The molecule has 0 radical (unpaired) electrons. The first kappa shape index (κ1) is 13.1. The molecule has 0 bridgehead atoms. The van der Waals surface area contributed by atoms with Crippen molar-refractivity contribution in [2.45, 2.75) is 52.2 Å². The minimum Gasteiger partial charge on any atom is -0.595 e. The lowest BCUT2D eigenvalue weighted by atomic mass is 10.2. The molecule has 0 unspecified atom stereocenters. The Balaban J connectivity index is 3.93. The zero-order valence-electron chi connectivity index (χ0n) is 9.18. The summed E-state index contributed by atoms with van der Waals surface area (Å²) in [6, 6.07) is -0.358. The normalized spacial score (nSPS) is 17.3. The lowest BCUT2D eigenvalue weighted by Crippen LogP contribution is -2.18. The van der Waals surface area contributed by atoms with Crippen LogP contribution in [0.15, 0.2) is 17.4 Å². The summed E-state index contributed by atoms with van der Waals surface area (Å²) < 4.78 is 0. The largest absolute Gasteiger partial charge is 0.595 e. The summed E-state index contributed by atoms with van der Waals surface area (Å²) in [4.78, 5) is 0.521. The van der Waals surface area contributed by atoms with Gasteiger partial charge in [0.05, 0.1) is 6.10 Å². The number of allylic oxidation sites excluding steroid dienone is 1. The van der Waals surface area contributed by atoms with Gasteiger partial charge in [-0.05, 0) is 37.9 Å². The van der Waals surface area contributed by atoms with Gasteiger partial charge in [-0.1, -0.05) is 18.2 Å². The van der Waals surface area contributed by atoms with Crippen LogP contribution in [0.1, 0.15) is 40.0 Å². The topological polar surface area (TPSA) is 58.7 Å². The fourth-order valence-corrected chi connectivity index (χ4v) is 0.801. The minimum atomic E-state index is -0.588. The van der Waals surface area contributed by atoms with Crippen molar-refractivity contribution < 1.29 is 9.97 Å². The zero-order valence-corrected chi connectivity index (χ0v) is 9.18. The van der Waals surface area contributed by atoms with Gasteiger partial charge in [0.2, 0.25) is 6.20 Å². The van der Waals surface area contributed by atoms with E-state index in [0.717, 1.165) is 19.3 Å². The molecule has 0 aromatic heterocycles. The van der Waals surface area contributed by atoms with Crippen molar-refractivity contribution in [2.24, 2.45) is 5.11 Å². The molecule has 0 spiro atoms. The maximum absolute atomic E-state index is 11.1. The summed E-state index contributed by atoms with van der Waals surface area (Å²) in [6.07, 6.45) is 5.70. The van der Waals surface area contributed by atoms with Crippen LogP contribution in [0.5, 0.6) is 0 Å². The molecule has 0 aliphatic carbocycles. The first-order valence-corrected chi connectivity index (χ1v) is 5.09. The number of hydroxylamine groups is 1. The Labute approximate surface area is 85.5 Å². The van der Waals surface area contributed by atoms with Gasteiger partial charge in [-0.15, -0.1) is 0 Å². The SMILES string of the molecule is CCCC/C=C/[N+]([O-])=N/[C@@H](C)[C@H](C)O.